The summed E-state index contributed by atoms with van der Waals surface area (Å²) in [5.41, 5.74) is 0.865. The van der Waals surface area contributed by atoms with Crippen LogP contribution < -0.4 is 0 Å². The van der Waals surface area contributed by atoms with Crippen LogP contribution in [0.4, 0.5) is 0 Å². The molecule has 0 saturated carbocycles. The Morgan fingerprint density at radius 3 is 3.00 bits per heavy atom. The molecule has 2 saturated heterocycles. The van der Waals surface area contributed by atoms with E-state index in [9.17, 15) is 4.79 Å². The van der Waals surface area contributed by atoms with E-state index >= 15 is 0 Å². The van der Waals surface area contributed by atoms with Gasteiger partial charge in [-0.1, -0.05) is 6.92 Å². The molecule has 0 bridgehead atoms. The summed E-state index contributed by atoms with van der Waals surface area (Å²) in [6.07, 6.45) is 4.34. The average molecular weight is 334 g/mol. The monoisotopic (exact) mass is 334 g/mol. The van der Waals surface area contributed by atoms with Gasteiger partial charge < -0.3 is 9.64 Å². The Morgan fingerprint density at radius 1 is 1.39 bits per heavy atom. The van der Waals surface area contributed by atoms with E-state index in [1.54, 1.807) is 11.3 Å². The lowest BCUT2D eigenvalue weighted by Crippen LogP contribution is -2.47. The highest BCUT2D eigenvalue weighted by Crippen LogP contribution is 2.23. The fraction of sp³-hybridized carbons (Fsp3) is 0.625. The Kier molecular flexibility index (Phi) is 4.09. The molecular weight excluding hydrogens is 312 g/mol. The first-order valence-electron chi connectivity index (χ1n) is 8.21. The third-order valence-corrected chi connectivity index (χ3v) is 5.69. The van der Waals surface area contributed by atoms with Crippen LogP contribution in [0, 0.1) is 5.92 Å². The molecule has 0 unspecified atom stereocenters. The molecule has 6 nitrogen and oxygen atoms in total. The van der Waals surface area contributed by atoms with Crippen molar-refractivity contribution in [2.24, 2.45) is 5.92 Å². The fourth-order valence-electron chi connectivity index (χ4n) is 3.67. The highest BCUT2D eigenvalue weighted by Gasteiger charge is 2.36. The minimum atomic E-state index is 0.193. The van der Waals surface area contributed by atoms with E-state index in [4.69, 9.17) is 4.74 Å². The van der Waals surface area contributed by atoms with Crippen molar-refractivity contribution in [3.63, 3.8) is 0 Å². The summed E-state index contributed by atoms with van der Waals surface area (Å²) in [5.74, 6) is 0.709. The number of hydrogen-bond donors (Lipinski definition) is 0. The number of fused-ring (bicyclic) bond motifs is 1. The molecule has 2 aromatic heterocycles. The van der Waals surface area contributed by atoms with Crippen LogP contribution in [-0.4, -0.2) is 70.5 Å². The maximum absolute atomic E-state index is 12.6. The van der Waals surface area contributed by atoms with E-state index < -0.39 is 0 Å². The normalized spacial score (nSPS) is 26.2. The summed E-state index contributed by atoms with van der Waals surface area (Å²) in [6.45, 7) is 7.51. The van der Waals surface area contributed by atoms with Gasteiger partial charge in [0.05, 0.1) is 25.3 Å². The maximum Gasteiger partial charge on any atom is 0.228 e. The van der Waals surface area contributed by atoms with E-state index in [1.165, 1.54) is 0 Å². The molecule has 1 amide bonds. The van der Waals surface area contributed by atoms with Gasteiger partial charge >= 0.3 is 0 Å². The molecule has 4 heterocycles. The number of aromatic nitrogens is 2. The second kappa shape index (κ2) is 6.22. The van der Waals surface area contributed by atoms with Gasteiger partial charge in [0, 0.05) is 50.0 Å². The molecule has 2 aliphatic rings. The molecule has 2 fully saturated rings. The van der Waals surface area contributed by atoms with Crippen LogP contribution in [0.25, 0.3) is 4.96 Å². The largest absolute Gasteiger partial charge is 0.379 e. The predicted octanol–water partition coefficient (Wildman–Crippen LogP) is 1.12. The van der Waals surface area contributed by atoms with Crippen molar-refractivity contribution in [2.75, 3.05) is 39.4 Å². The minimum absolute atomic E-state index is 0.193. The zero-order valence-electron chi connectivity index (χ0n) is 13.4. The molecule has 2 atom stereocenters. The lowest BCUT2D eigenvalue weighted by atomic mass is 10.0. The first-order chi connectivity index (χ1) is 11.2. The lowest BCUT2D eigenvalue weighted by molar-refractivity contribution is -0.129. The van der Waals surface area contributed by atoms with Gasteiger partial charge in [-0.15, -0.1) is 11.3 Å². The second-order valence-electron chi connectivity index (χ2n) is 6.49. The molecule has 0 aliphatic carbocycles. The van der Waals surface area contributed by atoms with Crippen molar-refractivity contribution in [1.29, 1.82) is 0 Å². The van der Waals surface area contributed by atoms with Crippen LogP contribution in [-0.2, 0) is 16.0 Å². The Labute approximate surface area is 139 Å². The number of amides is 1. The van der Waals surface area contributed by atoms with Gasteiger partial charge in [-0.25, -0.2) is 4.98 Å². The van der Waals surface area contributed by atoms with Gasteiger partial charge in [-0.2, -0.15) is 0 Å². The number of rotatable bonds is 3. The van der Waals surface area contributed by atoms with Crippen LogP contribution in [0.3, 0.4) is 0 Å². The first-order valence-corrected chi connectivity index (χ1v) is 9.09. The predicted molar refractivity (Wildman–Crippen MR) is 88.7 cm³/mol. The Bertz CT molecular complexity index is 663. The van der Waals surface area contributed by atoms with Crippen molar-refractivity contribution in [3.8, 4) is 0 Å². The zero-order chi connectivity index (χ0) is 15.8. The van der Waals surface area contributed by atoms with E-state index in [1.807, 2.05) is 27.1 Å². The number of likely N-dealkylation sites (tertiary alicyclic amines) is 1. The van der Waals surface area contributed by atoms with E-state index in [2.05, 4.69) is 16.8 Å². The molecule has 0 radical (unpaired) electrons. The molecule has 2 aliphatic heterocycles. The SMILES string of the molecule is C[C@H]1CN(C(=O)Cc2cn3ccsc3n2)C[C@@H]1N1CCOCC1. The van der Waals surface area contributed by atoms with Crippen LogP contribution in [0.15, 0.2) is 17.8 Å². The summed E-state index contributed by atoms with van der Waals surface area (Å²) in [4.78, 5) is 22.6. The van der Waals surface area contributed by atoms with Crippen molar-refractivity contribution in [1.82, 2.24) is 19.2 Å². The van der Waals surface area contributed by atoms with Gasteiger partial charge in [0.25, 0.3) is 0 Å². The molecule has 2 aromatic rings. The molecule has 0 aromatic carbocycles. The van der Waals surface area contributed by atoms with Crippen molar-refractivity contribution >= 4 is 22.2 Å². The zero-order valence-corrected chi connectivity index (χ0v) is 14.2. The summed E-state index contributed by atoms with van der Waals surface area (Å²) in [7, 11) is 0. The molecule has 23 heavy (non-hydrogen) atoms. The van der Waals surface area contributed by atoms with Crippen LogP contribution in [0.1, 0.15) is 12.6 Å². The van der Waals surface area contributed by atoms with Crippen LogP contribution in [0.2, 0.25) is 0 Å². The van der Waals surface area contributed by atoms with Gasteiger partial charge in [0.2, 0.25) is 5.91 Å². The topological polar surface area (TPSA) is 50.1 Å². The number of thiazole rings is 1. The van der Waals surface area contributed by atoms with Crippen molar-refractivity contribution < 1.29 is 9.53 Å². The third-order valence-electron chi connectivity index (χ3n) is 4.92. The number of carbonyl (C=O) groups is 1. The molecule has 4 rings (SSSR count). The van der Waals surface area contributed by atoms with E-state index in [0.29, 0.717) is 18.4 Å². The van der Waals surface area contributed by atoms with Crippen molar-refractivity contribution in [3.05, 3.63) is 23.5 Å². The molecule has 124 valence electrons. The molecular formula is C16H22N4O2S. The standard InChI is InChI=1S/C16H22N4O2S/c1-12-9-20(11-14(12)18-2-5-22-6-3-18)15(21)8-13-10-19-4-7-23-16(19)17-13/h4,7,10,12,14H,2-3,5-6,8-9,11H2,1H3/t12-,14-/m0/s1. The average Bonchev–Trinajstić information content (AvgIpc) is 3.22. The van der Waals surface area contributed by atoms with Gasteiger partial charge in [0.1, 0.15) is 0 Å². The van der Waals surface area contributed by atoms with Gasteiger partial charge in [0.15, 0.2) is 4.96 Å². The molecule has 7 heteroatoms. The first kappa shape index (κ1) is 15.1. The van der Waals surface area contributed by atoms with E-state index in [0.717, 1.165) is 50.0 Å². The van der Waals surface area contributed by atoms with E-state index in [-0.39, 0.29) is 5.91 Å². The molecule has 0 N–H and O–H groups in total. The summed E-state index contributed by atoms with van der Waals surface area (Å²) in [6, 6.07) is 0.466. The van der Waals surface area contributed by atoms with Gasteiger partial charge in [-0.05, 0) is 5.92 Å². The number of nitrogens with zero attached hydrogens (tertiary/aromatic N) is 4. The Hall–Kier alpha value is -1.44. The number of morpholine rings is 1. The maximum atomic E-state index is 12.6. The fourth-order valence-corrected chi connectivity index (χ4v) is 4.38. The number of hydrogen-bond acceptors (Lipinski definition) is 5. The highest BCUT2D eigenvalue weighted by molar-refractivity contribution is 7.15. The van der Waals surface area contributed by atoms with Crippen molar-refractivity contribution in [2.45, 2.75) is 19.4 Å². The van der Waals surface area contributed by atoms with Gasteiger partial charge in [-0.3, -0.25) is 14.1 Å². The summed E-state index contributed by atoms with van der Waals surface area (Å²) < 4.78 is 7.42. The molecule has 0 spiro atoms. The summed E-state index contributed by atoms with van der Waals surface area (Å²) >= 11 is 1.60. The Balaban J connectivity index is 1.39. The number of ether oxygens (including phenoxy) is 1. The quantitative estimate of drug-likeness (QED) is 0.844. The third kappa shape index (κ3) is 3.00. The lowest BCUT2D eigenvalue weighted by Gasteiger charge is -2.33. The Morgan fingerprint density at radius 2 is 2.22 bits per heavy atom. The smallest absolute Gasteiger partial charge is 0.228 e. The van der Waals surface area contributed by atoms with Crippen LogP contribution in [0.5, 0.6) is 0 Å². The number of imidazole rings is 1. The summed E-state index contributed by atoms with van der Waals surface area (Å²) in [5, 5.41) is 2.00. The van der Waals surface area contributed by atoms with Crippen LogP contribution >= 0.6 is 11.3 Å². The number of carbonyl (C=O) groups excluding carboxylic acids is 1. The second-order valence-corrected chi connectivity index (χ2v) is 7.37. The highest BCUT2D eigenvalue weighted by atomic mass is 32.1. The minimum Gasteiger partial charge on any atom is -0.379 e.